The van der Waals surface area contributed by atoms with E-state index in [2.05, 4.69) is 46.4 Å². The van der Waals surface area contributed by atoms with Gasteiger partial charge in [0.15, 0.2) is 0 Å². The topological polar surface area (TPSA) is 79.8 Å². The number of carbonyl (C=O) groups excluding carboxylic acids is 1. The standard InChI is InChI=1S/C22H25N5O/c1-15-25-19(13-20(26-15)24-14-16-9-11-23-12-10-16)21(28)27-18-8-6-5-7-17(18)22(2,3)4/h5-13H,14H2,1-4H3,(H,27,28)(H,24,25,26). The molecule has 1 aromatic carbocycles. The lowest BCUT2D eigenvalue weighted by atomic mass is 9.86. The molecule has 0 aliphatic carbocycles. The molecule has 0 fully saturated rings. The summed E-state index contributed by atoms with van der Waals surface area (Å²) in [4.78, 5) is 25.5. The Balaban J connectivity index is 1.78. The Morgan fingerprint density at radius 3 is 2.46 bits per heavy atom. The predicted octanol–water partition coefficient (Wildman–Crippen LogP) is 4.34. The van der Waals surface area contributed by atoms with Crippen LogP contribution in [0.1, 0.15) is 48.2 Å². The third-order valence-electron chi connectivity index (χ3n) is 4.28. The second-order valence-electron chi connectivity index (χ2n) is 7.64. The summed E-state index contributed by atoms with van der Waals surface area (Å²) in [5.41, 5.74) is 3.19. The van der Waals surface area contributed by atoms with E-state index >= 15 is 0 Å². The van der Waals surface area contributed by atoms with Gasteiger partial charge in [0.05, 0.1) is 0 Å². The summed E-state index contributed by atoms with van der Waals surface area (Å²) >= 11 is 0. The second kappa shape index (κ2) is 8.17. The Kier molecular flexibility index (Phi) is 5.68. The molecule has 3 rings (SSSR count). The lowest BCUT2D eigenvalue weighted by Crippen LogP contribution is -2.20. The van der Waals surface area contributed by atoms with Crippen molar-refractivity contribution in [3.05, 3.63) is 77.5 Å². The Labute approximate surface area is 165 Å². The zero-order valence-electron chi connectivity index (χ0n) is 16.7. The number of anilines is 2. The van der Waals surface area contributed by atoms with Gasteiger partial charge in [-0.25, -0.2) is 9.97 Å². The van der Waals surface area contributed by atoms with E-state index in [1.807, 2.05) is 36.4 Å². The average Bonchev–Trinajstić information content (AvgIpc) is 2.66. The van der Waals surface area contributed by atoms with Crippen LogP contribution >= 0.6 is 0 Å². The predicted molar refractivity (Wildman–Crippen MR) is 111 cm³/mol. The zero-order valence-corrected chi connectivity index (χ0v) is 16.7. The molecule has 1 amide bonds. The molecule has 0 atom stereocenters. The monoisotopic (exact) mass is 375 g/mol. The fourth-order valence-corrected chi connectivity index (χ4v) is 2.90. The molecule has 6 heteroatoms. The summed E-state index contributed by atoms with van der Waals surface area (Å²) in [6, 6.07) is 13.4. The normalized spacial score (nSPS) is 11.1. The van der Waals surface area contributed by atoms with Gasteiger partial charge in [-0.1, -0.05) is 39.0 Å². The lowest BCUT2D eigenvalue weighted by molar-refractivity contribution is 0.102. The first-order chi connectivity index (χ1) is 13.3. The Morgan fingerprint density at radius 2 is 1.75 bits per heavy atom. The van der Waals surface area contributed by atoms with E-state index in [9.17, 15) is 4.79 Å². The number of para-hydroxylation sites is 1. The molecule has 0 unspecified atom stereocenters. The van der Waals surface area contributed by atoms with Gasteiger partial charge in [-0.3, -0.25) is 9.78 Å². The summed E-state index contributed by atoms with van der Waals surface area (Å²) in [5.74, 6) is 0.890. The van der Waals surface area contributed by atoms with E-state index in [0.29, 0.717) is 23.9 Å². The van der Waals surface area contributed by atoms with E-state index in [-0.39, 0.29) is 11.3 Å². The number of amides is 1. The molecular formula is C22H25N5O. The van der Waals surface area contributed by atoms with Crippen molar-refractivity contribution in [2.45, 2.75) is 39.7 Å². The number of aromatic nitrogens is 3. The highest BCUT2D eigenvalue weighted by Crippen LogP contribution is 2.29. The van der Waals surface area contributed by atoms with Crippen molar-refractivity contribution in [1.29, 1.82) is 0 Å². The maximum Gasteiger partial charge on any atom is 0.274 e. The van der Waals surface area contributed by atoms with Gasteiger partial charge >= 0.3 is 0 Å². The van der Waals surface area contributed by atoms with Crippen LogP contribution in [0.4, 0.5) is 11.5 Å². The number of hydrogen-bond acceptors (Lipinski definition) is 5. The zero-order chi connectivity index (χ0) is 20.1. The van der Waals surface area contributed by atoms with Gasteiger partial charge in [0.25, 0.3) is 5.91 Å². The molecule has 0 spiro atoms. The first-order valence-electron chi connectivity index (χ1n) is 9.22. The fraction of sp³-hybridized carbons (Fsp3) is 0.273. The van der Waals surface area contributed by atoms with Crippen molar-refractivity contribution in [3.8, 4) is 0 Å². The Morgan fingerprint density at radius 1 is 1.04 bits per heavy atom. The van der Waals surface area contributed by atoms with Crippen LogP contribution in [0.25, 0.3) is 0 Å². The first-order valence-corrected chi connectivity index (χ1v) is 9.22. The van der Waals surface area contributed by atoms with Crippen molar-refractivity contribution in [1.82, 2.24) is 15.0 Å². The molecule has 0 saturated carbocycles. The van der Waals surface area contributed by atoms with Crippen molar-refractivity contribution < 1.29 is 4.79 Å². The fourth-order valence-electron chi connectivity index (χ4n) is 2.90. The maximum absolute atomic E-state index is 12.8. The molecule has 0 radical (unpaired) electrons. The van der Waals surface area contributed by atoms with Crippen molar-refractivity contribution in [2.75, 3.05) is 10.6 Å². The van der Waals surface area contributed by atoms with Crippen LogP contribution in [-0.2, 0) is 12.0 Å². The summed E-state index contributed by atoms with van der Waals surface area (Å²) in [5, 5.41) is 6.23. The maximum atomic E-state index is 12.8. The van der Waals surface area contributed by atoms with Crippen LogP contribution in [0.2, 0.25) is 0 Å². The van der Waals surface area contributed by atoms with Crippen molar-refractivity contribution in [2.24, 2.45) is 0 Å². The average molecular weight is 375 g/mol. The minimum absolute atomic E-state index is 0.0806. The molecule has 0 aliphatic heterocycles. The molecule has 2 heterocycles. The molecule has 0 aliphatic rings. The third kappa shape index (κ3) is 4.91. The SMILES string of the molecule is Cc1nc(NCc2ccncc2)cc(C(=O)Nc2ccccc2C(C)(C)C)n1. The molecule has 144 valence electrons. The molecule has 2 N–H and O–H groups in total. The quantitative estimate of drug-likeness (QED) is 0.693. The highest BCUT2D eigenvalue weighted by Gasteiger charge is 2.19. The van der Waals surface area contributed by atoms with Gasteiger partial charge in [0.1, 0.15) is 17.3 Å². The molecule has 6 nitrogen and oxygen atoms in total. The van der Waals surface area contributed by atoms with E-state index < -0.39 is 0 Å². The number of pyridine rings is 1. The number of rotatable bonds is 5. The summed E-state index contributed by atoms with van der Waals surface area (Å²) in [7, 11) is 0. The summed E-state index contributed by atoms with van der Waals surface area (Å²) < 4.78 is 0. The molecular weight excluding hydrogens is 350 g/mol. The summed E-state index contributed by atoms with van der Waals surface area (Å²) in [6.45, 7) is 8.72. The molecule has 3 aromatic rings. The summed E-state index contributed by atoms with van der Waals surface area (Å²) in [6.07, 6.45) is 3.49. The third-order valence-corrected chi connectivity index (χ3v) is 4.28. The first kappa shape index (κ1) is 19.5. The van der Waals surface area contributed by atoms with Gasteiger partial charge in [-0.15, -0.1) is 0 Å². The van der Waals surface area contributed by atoms with Crippen LogP contribution in [0.5, 0.6) is 0 Å². The number of nitrogens with zero attached hydrogens (tertiary/aromatic N) is 3. The van der Waals surface area contributed by atoms with Crippen LogP contribution in [-0.4, -0.2) is 20.9 Å². The molecule has 28 heavy (non-hydrogen) atoms. The second-order valence-corrected chi connectivity index (χ2v) is 7.64. The van der Waals surface area contributed by atoms with E-state index in [0.717, 1.165) is 16.8 Å². The minimum Gasteiger partial charge on any atom is -0.366 e. The lowest BCUT2D eigenvalue weighted by Gasteiger charge is -2.23. The number of benzene rings is 1. The highest BCUT2D eigenvalue weighted by molar-refractivity contribution is 6.03. The number of nitrogens with one attached hydrogen (secondary N) is 2. The molecule has 0 bridgehead atoms. The highest BCUT2D eigenvalue weighted by atomic mass is 16.1. The van der Waals surface area contributed by atoms with Gasteiger partial charge in [-0.2, -0.15) is 0 Å². The van der Waals surface area contributed by atoms with Crippen LogP contribution in [0, 0.1) is 6.92 Å². The van der Waals surface area contributed by atoms with E-state index in [1.54, 1.807) is 25.4 Å². The van der Waals surface area contributed by atoms with Crippen molar-refractivity contribution >= 4 is 17.4 Å². The Hall–Kier alpha value is -3.28. The number of hydrogen-bond donors (Lipinski definition) is 2. The Bertz CT molecular complexity index is 964. The smallest absolute Gasteiger partial charge is 0.274 e. The minimum atomic E-state index is -0.255. The number of aryl methyl sites for hydroxylation is 1. The van der Waals surface area contributed by atoms with Crippen LogP contribution in [0.15, 0.2) is 54.9 Å². The number of carbonyl (C=O) groups is 1. The van der Waals surface area contributed by atoms with Crippen LogP contribution in [0.3, 0.4) is 0 Å². The van der Waals surface area contributed by atoms with Gasteiger partial charge in [-0.05, 0) is 41.7 Å². The molecule has 0 saturated heterocycles. The van der Waals surface area contributed by atoms with Gasteiger partial charge in [0.2, 0.25) is 0 Å². The van der Waals surface area contributed by atoms with Gasteiger partial charge in [0, 0.05) is 30.7 Å². The molecule has 2 aromatic heterocycles. The van der Waals surface area contributed by atoms with Gasteiger partial charge < -0.3 is 10.6 Å². The van der Waals surface area contributed by atoms with Crippen molar-refractivity contribution in [3.63, 3.8) is 0 Å². The van der Waals surface area contributed by atoms with E-state index in [1.165, 1.54) is 0 Å². The largest absolute Gasteiger partial charge is 0.366 e. The van der Waals surface area contributed by atoms with E-state index in [4.69, 9.17) is 0 Å². The van der Waals surface area contributed by atoms with Crippen LogP contribution < -0.4 is 10.6 Å².